The number of hydrogen-bond donors (Lipinski definition) is 0. The first-order chi connectivity index (χ1) is 10.9. The second-order valence-electron chi connectivity index (χ2n) is 5.45. The zero-order valence-electron chi connectivity index (χ0n) is 13.8. The first-order valence-electron chi connectivity index (χ1n) is 7.25. The largest absolute Gasteiger partial charge is 0.497 e. The molecule has 0 amide bonds. The third kappa shape index (κ3) is 5.01. The van der Waals surface area contributed by atoms with Crippen molar-refractivity contribution in [2.24, 2.45) is 0 Å². The highest BCUT2D eigenvalue weighted by Crippen LogP contribution is 2.18. The van der Waals surface area contributed by atoms with Crippen LogP contribution in [-0.2, 0) is 22.8 Å². The summed E-state index contributed by atoms with van der Waals surface area (Å²) in [4.78, 5) is 0. The van der Waals surface area contributed by atoms with Crippen molar-refractivity contribution >= 4 is 15.6 Å². The first-order valence-corrected chi connectivity index (χ1v) is 9.35. The Kier molecular flexibility index (Phi) is 5.69. The van der Waals surface area contributed by atoms with Crippen molar-refractivity contribution < 1.29 is 13.7 Å². The number of rotatable bonds is 7. The van der Waals surface area contributed by atoms with Crippen molar-refractivity contribution in [3.8, 4) is 11.5 Å². The van der Waals surface area contributed by atoms with E-state index in [2.05, 4.69) is 5.87 Å². The highest BCUT2D eigenvalue weighted by atomic mass is 32.2. The maximum Gasteiger partial charge on any atom is 0.118 e. The normalized spacial score (nSPS) is 13.6. The van der Waals surface area contributed by atoms with E-state index < -0.39 is 9.71 Å². The molecule has 0 aromatic heterocycles. The molecule has 23 heavy (non-hydrogen) atoms. The summed E-state index contributed by atoms with van der Waals surface area (Å²) in [5.41, 5.74) is 2.13. The quantitative estimate of drug-likeness (QED) is 0.731. The maximum atomic E-state index is 12.5. The van der Waals surface area contributed by atoms with Crippen LogP contribution in [0.1, 0.15) is 11.1 Å². The molecule has 0 aliphatic heterocycles. The lowest BCUT2D eigenvalue weighted by molar-refractivity contribution is 0.411. The second kappa shape index (κ2) is 7.53. The lowest BCUT2D eigenvalue weighted by atomic mass is 10.2. The van der Waals surface area contributed by atoms with Gasteiger partial charge in [-0.05, 0) is 41.3 Å². The van der Waals surface area contributed by atoms with Gasteiger partial charge in [-0.1, -0.05) is 24.3 Å². The van der Waals surface area contributed by atoms with Gasteiger partial charge in [-0.3, -0.25) is 4.21 Å². The number of benzene rings is 2. The van der Waals surface area contributed by atoms with Crippen molar-refractivity contribution in [1.29, 1.82) is 0 Å². The van der Waals surface area contributed by atoms with E-state index in [1.54, 1.807) is 20.5 Å². The average molecular weight is 333 g/mol. The Morgan fingerprint density at radius 3 is 1.48 bits per heavy atom. The zero-order chi connectivity index (χ0) is 16.9. The van der Waals surface area contributed by atoms with Crippen molar-refractivity contribution in [3.63, 3.8) is 0 Å². The molecule has 0 aliphatic carbocycles. The van der Waals surface area contributed by atoms with E-state index in [-0.39, 0.29) is 0 Å². The summed E-state index contributed by atoms with van der Waals surface area (Å²) < 4.78 is 24.7. The Labute approximate surface area is 138 Å². The van der Waals surface area contributed by atoms with Crippen molar-refractivity contribution in [2.45, 2.75) is 13.1 Å². The predicted octanol–water partition coefficient (Wildman–Crippen LogP) is 2.97. The van der Waals surface area contributed by atoms with E-state index in [1.165, 1.54) is 0 Å². The molecule has 2 aromatic carbocycles. The number of hydrogen-bond acceptors (Lipinski definition) is 3. The summed E-state index contributed by atoms with van der Waals surface area (Å²) in [7, 11) is 0.956. The second-order valence-corrected chi connectivity index (χ2v) is 7.89. The molecule has 0 heterocycles. The molecule has 0 spiro atoms. The van der Waals surface area contributed by atoms with Crippen LogP contribution in [0.3, 0.4) is 0 Å². The SMILES string of the molecule is C=S(C)(=O)N(Cc1ccc(OC)cc1)Cc1ccc(OC)cc1. The van der Waals surface area contributed by atoms with Gasteiger partial charge in [-0.25, -0.2) is 4.31 Å². The third-order valence-electron chi connectivity index (χ3n) is 3.58. The fourth-order valence-corrected chi connectivity index (χ4v) is 3.04. The molecule has 2 rings (SSSR count). The van der Waals surface area contributed by atoms with Gasteiger partial charge < -0.3 is 9.47 Å². The highest BCUT2D eigenvalue weighted by Gasteiger charge is 2.13. The lowest BCUT2D eigenvalue weighted by Gasteiger charge is -2.24. The summed E-state index contributed by atoms with van der Waals surface area (Å²) in [6.07, 6.45) is 1.67. The fraction of sp³-hybridized carbons (Fsp3) is 0.278. The zero-order valence-corrected chi connectivity index (χ0v) is 14.6. The van der Waals surface area contributed by atoms with E-state index in [4.69, 9.17) is 9.47 Å². The average Bonchev–Trinajstić information content (AvgIpc) is 2.54. The summed E-state index contributed by atoms with van der Waals surface area (Å²) in [6.45, 7) is 1.13. The van der Waals surface area contributed by atoms with Gasteiger partial charge in [0.15, 0.2) is 0 Å². The molecular formula is C18H23NO3S. The number of methoxy groups -OCH3 is 2. The first kappa shape index (κ1) is 17.4. The monoisotopic (exact) mass is 333 g/mol. The molecule has 0 radical (unpaired) electrons. The molecule has 0 N–H and O–H groups in total. The summed E-state index contributed by atoms with van der Waals surface area (Å²) in [5.74, 6) is 5.45. The van der Waals surface area contributed by atoms with Crippen LogP contribution in [0.4, 0.5) is 0 Å². The van der Waals surface area contributed by atoms with Gasteiger partial charge in [0.05, 0.1) is 14.2 Å². The minimum atomic E-state index is -2.32. The van der Waals surface area contributed by atoms with Gasteiger partial charge in [0.1, 0.15) is 11.5 Å². The summed E-state index contributed by atoms with van der Waals surface area (Å²) in [5, 5.41) is 0. The highest BCUT2D eigenvalue weighted by molar-refractivity contribution is 7.97. The van der Waals surface area contributed by atoms with Gasteiger partial charge in [-0.2, -0.15) is 0 Å². The molecule has 1 atom stereocenters. The topological polar surface area (TPSA) is 38.8 Å². The Morgan fingerprint density at radius 1 is 0.870 bits per heavy atom. The van der Waals surface area contributed by atoms with Crippen LogP contribution < -0.4 is 9.47 Å². The van der Waals surface area contributed by atoms with Crippen molar-refractivity contribution in [3.05, 3.63) is 59.7 Å². The molecular weight excluding hydrogens is 310 g/mol. The van der Waals surface area contributed by atoms with Crippen LogP contribution in [0, 0.1) is 0 Å². The molecule has 0 saturated heterocycles. The van der Waals surface area contributed by atoms with Crippen LogP contribution in [0.15, 0.2) is 48.5 Å². The fourth-order valence-electron chi connectivity index (χ4n) is 2.20. The molecule has 1 unspecified atom stereocenters. The molecule has 124 valence electrons. The summed E-state index contributed by atoms with van der Waals surface area (Å²) in [6, 6.07) is 15.5. The van der Waals surface area contributed by atoms with Gasteiger partial charge in [-0.15, -0.1) is 0 Å². The molecule has 0 saturated carbocycles. The van der Waals surface area contributed by atoms with Gasteiger partial charge >= 0.3 is 0 Å². The molecule has 5 heteroatoms. The van der Waals surface area contributed by atoms with E-state index in [0.717, 1.165) is 22.6 Å². The third-order valence-corrected chi connectivity index (χ3v) is 4.93. The molecule has 2 aromatic rings. The minimum absolute atomic E-state index is 0.564. The maximum absolute atomic E-state index is 12.5. The van der Waals surface area contributed by atoms with E-state index >= 15 is 0 Å². The Hall–Kier alpha value is -1.98. The van der Waals surface area contributed by atoms with Crippen LogP contribution in [0.2, 0.25) is 0 Å². The van der Waals surface area contributed by atoms with Crippen LogP contribution in [0.5, 0.6) is 11.5 Å². The lowest BCUT2D eigenvalue weighted by Crippen LogP contribution is -2.28. The summed E-state index contributed by atoms with van der Waals surface area (Å²) >= 11 is 0. The predicted molar refractivity (Wildman–Crippen MR) is 96.4 cm³/mol. The van der Waals surface area contributed by atoms with E-state index in [0.29, 0.717) is 13.1 Å². The van der Waals surface area contributed by atoms with E-state index in [9.17, 15) is 4.21 Å². The van der Waals surface area contributed by atoms with Crippen LogP contribution >= 0.6 is 0 Å². The van der Waals surface area contributed by atoms with Gasteiger partial charge in [0.25, 0.3) is 0 Å². The Morgan fingerprint density at radius 2 is 1.22 bits per heavy atom. The standard InChI is InChI=1S/C18H23NO3S/c1-21-17-9-5-15(6-10-17)13-19(23(3,4)20)14-16-7-11-18(22-2)12-8-16/h5-12H,3,13-14H2,1-2,4H3. The van der Waals surface area contributed by atoms with Crippen LogP contribution in [0.25, 0.3) is 0 Å². The van der Waals surface area contributed by atoms with Gasteiger partial charge in [0.2, 0.25) is 0 Å². The van der Waals surface area contributed by atoms with Crippen LogP contribution in [-0.4, -0.2) is 34.9 Å². The molecule has 4 nitrogen and oxygen atoms in total. The number of ether oxygens (including phenoxy) is 2. The smallest absolute Gasteiger partial charge is 0.118 e. The van der Waals surface area contributed by atoms with Crippen molar-refractivity contribution in [2.75, 3.05) is 20.5 Å². The van der Waals surface area contributed by atoms with Crippen molar-refractivity contribution in [1.82, 2.24) is 4.31 Å². The molecule has 0 fully saturated rings. The minimum Gasteiger partial charge on any atom is -0.497 e. The molecule has 0 aliphatic rings. The van der Waals surface area contributed by atoms with E-state index in [1.807, 2.05) is 52.8 Å². The molecule has 0 bridgehead atoms. The Bertz CT molecular complexity index is 672. The van der Waals surface area contributed by atoms with Gasteiger partial charge in [0, 0.05) is 29.1 Å². The Balaban J connectivity index is 2.16. The number of nitrogens with zero attached hydrogens (tertiary/aromatic N) is 1.